The van der Waals surface area contributed by atoms with Gasteiger partial charge < -0.3 is 4.74 Å². The zero-order chi connectivity index (χ0) is 17.0. The number of halogens is 2. The number of Topliss-reactive ketones (excluding diaryl/α,β-unsaturated/α-hetero) is 1. The Morgan fingerprint density at radius 3 is 2.35 bits per heavy atom. The van der Waals surface area contributed by atoms with Crippen LogP contribution in [0.15, 0.2) is 53.4 Å². The molecule has 8 heteroatoms. The van der Waals surface area contributed by atoms with E-state index in [0.29, 0.717) is 0 Å². The molecule has 0 saturated heterocycles. The van der Waals surface area contributed by atoms with Gasteiger partial charge in [0, 0.05) is 11.3 Å². The number of hydrogen-bond acceptors (Lipinski definition) is 4. The van der Waals surface area contributed by atoms with Gasteiger partial charge in [0.25, 0.3) is 10.0 Å². The molecule has 0 saturated carbocycles. The first kappa shape index (κ1) is 16.9. The zero-order valence-corrected chi connectivity index (χ0v) is 12.8. The van der Waals surface area contributed by atoms with Gasteiger partial charge in [0.1, 0.15) is 5.75 Å². The van der Waals surface area contributed by atoms with E-state index in [9.17, 15) is 22.0 Å². The van der Waals surface area contributed by atoms with Crippen LogP contribution in [0.4, 0.5) is 14.5 Å². The number of hydrogen-bond donors (Lipinski definition) is 1. The Kier molecular flexibility index (Phi) is 4.95. The van der Waals surface area contributed by atoms with E-state index in [-0.39, 0.29) is 27.7 Å². The molecule has 0 aliphatic heterocycles. The second-order valence-corrected chi connectivity index (χ2v) is 6.27. The van der Waals surface area contributed by atoms with E-state index < -0.39 is 16.6 Å². The number of benzene rings is 2. The van der Waals surface area contributed by atoms with Crippen molar-refractivity contribution in [2.24, 2.45) is 0 Å². The monoisotopic (exact) mass is 341 g/mol. The smallest absolute Gasteiger partial charge is 0.387 e. The van der Waals surface area contributed by atoms with Gasteiger partial charge in [0.05, 0.1) is 4.90 Å². The second kappa shape index (κ2) is 6.74. The quantitative estimate of drug-likeness (QED) is 0.819. The minimum absolute atomic E-state index is 0.0712. The van der Waals surface area contributed by atoms with Crippen LogP contribution in [0.2, 0.25) is 0 Å². The maximum absolute atomic E-state index is 12.3. The summed E-state index contributed by atoms with van der Waals surface area (Å²) in [5.74, 6) is -0.336. The highest BCUT2D eigenvalue weighted by molar-refractivity contribution is 7.92. The predicted molar refractivity (Wildman–Crippen MR) is 80.3 cm³/mol. The van der Waals surface area contributed by atoms with Crippen molar-refractivity contribution in [3.63, 3.8) is 0 Å². The van der Waals surface area contributed by atoms with Crippen LogP contribution in [0.1, 0.15) is 17.3 Å². The van der Waals surface area contributed by atoms with Crippen LogP contribution in [0.3, 0.4) is 0 Å². The molecule has 0 radical (unpaired) electrons. The minimum atomic E-state index is -3.90. The van der Waals surface area contributed by atoms with Gasteiger partial charge in [-0.25, -0.2) is 8.42 Å². The van der Waals surface area contributed by atoms with Gasteiger partial charge in [0.2, 0.25) is 0 Å². The molecule has 0 fully saturated rings. The number of anilines is 1. The van der Waals surface area contributed by atoms with Gasteiger partial charge in [0.15, 0.2) is 5.78 Å². The Labute approximate surface area is 132 Å². The van der Waals surface area contributed by atoms with Crippen molar-refractivity contribution >= 4 is 21.5 Å². The number of sulfonamides is 1. The van der Waals surface area contributed by atoms with Crippen molar-refractivity contribution in [1.29, 1.82) is 0 Å². The summed E-state index contributed by atoms with van der Waals surface area (Å²) in [4.78, 5) is 11.2. The molecule has 0 heterocycles. The average Bonchev–Trinajstić information content (AvgIpc) is 2.48. The number of nitrogens with one attached hydrogen (secondary N) is 1. The fourth-order valence-electron chi connectivity index (χ4n) is 1.80. The number of alkyl halides is 2. The summed E-state index contributed by atoms with van der Waals surface area (Å²) in [7, 11) is -3.90. The molecule has 0 unspecified atom stereocenters. The molecular formula is C15H13F2NO4S. The first-order chi connectivity index (χ1) is 10.8. The fraction of sp³-hybridized carbons (Fsp3) is 0.133. The summed E-state index contributed by atoms with van der Waals surface area (Å²) in [6.45, 7) is -1.62. The molecular weight excluding hydrogens is 328 g/mol. The lowest BCUT2D eigenvalue weighted by Gasteiger charge is -2.10. The van der Waals surface area contributed by atoms with Crippen molar-refractivity contribution in [2.45, 2.75) is 18.4 Å². The number of ether oxygens (including phenoxy) is 1. The molecule has 0 bridgehead atoms. The lowest BCUT2D eigenvalue weighted by molar-refractivity contribution is -0.0498. The Morgan fingerprint density at radius 2 is 1.78 bits per heavy atom. The maximum Gasteiger partial charge on any atom is 0.387 e. The van der Waals surface area contributed by atoms with Crippen LogP contribution >= 0.6 is 0 Å². The standard InChI is InChI=1S/C15H13F2NO4S/c1-10(19)11-3-2-4-14(9-11)23(20,21)18-12-5-7-13(8-6-12)22-15(16)17/h2-9,15,18H,1H3. The van der Waals surface area contributed by atoms with Crippen molar-refractivity contribution in [1.82, 2.24) is 0 Å². The van der Waals surface area contributed by atoms with Crippen LogP contribution in [0.25, 0.3) is 0 Å². The highest BCUT2D eigenvalue weighted by Gasteiger charge is 2.15. The summed E-state index contributed by atoms with van der Waals surface area (Å²) in [6, 6.07) is 10.6. The summed E-state index contributed by atoms with van der Waals surface area (Å²) in [6.07, 6.45) is 0. The molecule has 0 spiro atoms. The Morgan fingerprint density at radius 1 is 1.13 bits per heavy atom. The molecule has 0 atom stereocenters. The highest BCUT2D eigenvalue weighted by Crippen LogP contribution is 2.21. The second-order valence-electron chi connectivity index (χ2n) is 4.59. The Hall–Kier alpha value is -2.48. The average molecular weight is 341 g/mol. The minimum Gasteiger partial charge on any atom is -0.435 e. The predicted octanol–water partition coefficient (Wildman–Crippen LogP) is 3.29. The summed E-state index contributed by atoms with van der Waals surface area (Å²) < 4.78 is 55.1. The Balaban J connectivity index is 2.21. The van der Waals surface area contributed by atoms with Gasteiger partial charge in [-0.2, -0.15) is 8.78 Å². The van der Waals surface area contributed by atoms with E-state index in [1.807, 2.05) is 0 Å². The van der Waals surface area contributed by atoms with Crippen molar-refractivity contribution < 1.29 is 26.7 Å². The van der Waals surface area contributed by atoms with Crippen LogP contribution < -0.4 is 9.46 Å². The van der Waals surface area contributed by atoms with Gasteiger partial charge in [-0.3, -0.25) is 9.52 Å². The third kappa shape index (κ3) is 4.49. The van der Waals surface area contributed by atoms with Crippen LogP contribution in [0.5, 0.6) is 5.75 Å². The first-order valence-corrected chi connectivity index (χ1v) is 7.95. The highest BCUT2D eigenvalue weighted by atomic mass is 32.2. The third-order valence-electron chi connectivity index (χ3n) is 2.88. The lowest BCUT2D eigenvalue weighted by Crippen LogP contribution is -2.13. The van der Waals surface area contributed by atoms with E-state index in [0.717, 1.165) is 0 Å². The first-order valence-electron chi connectivity index (χ1n) is 6.46. The van der Waals surface area contributed by atoms with Gasteiger partial charge in [-0.05, 0) is 43.3 Å². The van der Waals surface area contributed by atoms with Crippen molar-refractivity contribution in [3.8, 4) is 5.75 Å². The molecule has 5 nitrogen and oxygen atoms in total. The summed E-state index contributed by atoms with van der Waals surface area (Å²) in [5, 5.41) is 0. The summed E-state index contributed by atoms with van der Waals surface area (Å²) >= 11 is 0. The number of carbonyl (C=O) groups excluding carboxylic acids is 1. The normalized spacial score (nSPS) is 11.3. The molecule has 2 aromatic carbocycles. The third-order valence-corrected chi connectivity index (χ3v) is 4.26. The van der Waals surface area contributed by atoms with E-state index in [2.05, 4.69) is 9.46 Å². The zero-order valence-electron chi connectivity index (χ0n) is 12.0. The molecule has 1 N–H and O–H groups in total. The maximum atomic E-state index is 12.3. The van der Waals surface area contributed by atoms with Crippen LogP contribution in [-0.2, 0) is 10.0 Å². The molecule has 0 aliphatic carbocycles. The lowest BCUT2D eigenvalue weighted by atomic mass is 10.2. The summed E-state index contributed by atoms with van der Waals surface area (Å²) in [5.41, 5.74) is 0.452. The molecule has 0 aromatic heterocycles. The SMILES string of the molecule is CC(=O)c1cccc(S(=O)(=O)Nc2ccc(OC(F)F)cc2)c1. The topological polar surface area (TPSA) is 72.5 Å². The van der Waals surface area contributed by atoms with Gasteiger partial charge in [-0.15, -0.1) is 0 Å². The van der Waals surface area contributed by atoms with Crippen molar-refractivity contribution in [2.75, 3.05) is 4.72 Å². The molecule has 2 aromatic rings. The van der Waals surface area contributed by atoms with Gasteiger partial charge in [-0.1, -0.05) is 12.1 Å². The van der Waals surface area contributed by atoms with E-state index in [1.165, 1.54) is 55.5 Å². The van der Waals surface area contributed by atoms with Crippen LogP contribution in [-0.4, -0.2) is 20.8 Å². The Bertz CT molecular complexity index is 804. The largest absolute Gasteiger partial charge is 0.435 e. The molecule has 122 valence electrons. The molecule has 2 rings (SSSR count). The molecule has 23 heavy (non-hydrogen) atoms. The van der Waals surface area contributed by atoms with E-state index in [1.54, 1.807) is 0 Å². The fourth-order valence-corrected chi connectivity index (χ4v) is 2.90. The molecule has 0 aliphatic rings. The van der Waals surface area contributed by atoms with E-state index >= 15 is 0 Å². The number of ketones is 1. The van der Waals surface area contributed by atoms with Gasteiger partial charge >= 0.3 is 6.61 Å². The van der Waals surface area contributed by atoms with E-state index in [4.69, 9.17) is 0 Å². The van der Waals surface area contributed by atoms with Crippen molar-refractivity contribution in [3.05, 3.63) is 54.1 Å². The number of rotatable bonds is 6. The number of carbonyl (C=O) groups is 1. The molecule has 0 amide bonds. The van der Waals surface area contributed by atoms with Crippen LogP contribution in [0, 0.1) is 0 Å².